The molecule has 3 nitrogen and oxygen atoms in total. The fraction of sp³-hybridized carbons (Fsp3) is 0.769. The van der Waals surface area contributed by atoms with Crippen molar-refractivity contribution in [1.29, 1.82) is 0 Å². The third-order valence-electron chi connectivity index (χ3n) is 4.78. The van der Waals surface area contributed by atoms with Gasteiger partial charge in [-0.25, -0.2) is 0 Å². The van der Waals surface area contributed by atoms with Crippen LogP contribution >= 0.6 is 0 Å². The van der Waals surface area contributed by atoms with E-state index in [-0.39, 0.29) is 29.7 Å². The molecule has 3 aliphatic heterocycles. The van der Waals surface area contributed by atoms with Crippen molar-refractivity contribution in [2.24, 2.45) is 11.8 Å². The summed E-state index contributed by atoms with van der Waals surface area (Å²) < 4.78 is 11.6. The first-order valence-electron chi connectivity index (χ1n) is 6.37. The van der Waals surface area contributed by atoms with Gasteiger partial charge in [0.1, 0.15) is 5.60 Å². The Morgan fingerprint density at radius 3 is 2.69 bits per heavy atom. The van der Waals surface area contributed by atoms with Crippen molar-refractivity contribution >= 4 is 5.97 Å². The zero-order chi connectivity index (χ0) is 10.8. The molecule has 4 aliphatic rings. The zero-order valence-electron chi connectivity index (χ0n) is 9.22. The largest absolute Gasteiger partial charge is 0.458 e. The summed E-state index contributed by atoms with van der Waals surface area (Å²) in [6.45, 7) is 0. The second kappa shape index (κ2) is 2.89. The van der Waals surface area contributed by atoms with Gasteiger partial charge in [-0.1, -0.05) is 18.6 Å². The minimum absolute atomic E-state index is 0.00352. The molecule has 1 saturated carbocycles. The highest BCUT2D eigenvalue weighted by atomic mass is 16.6. The monoisotopic (exact) mass is 220 g/mol. The number of fused-ring (bicyclic) bond motifs is 6. The number of ether oxygens (including phenoxy) is 2. The molecule has 0 aromatic heterocycles. The van der Waals surface area contributed by atoms with Gasteiger partial charge >= 0.3 is 5.97 Å². The number of carbonyl (C=O) groups excluding carboxylic acids is 1. The van der Waals surface area contributed by atoms with Crippen LogP contribution in [-0.2, 0) is 14.3 Å². The molecule has 0 unspecified atom stereocenters. The van der Waals surface area contributed by atoms with Gasteiger partial charge in [-0.05, 0) is 25.7 Å². The Kier molecular flexibility index (Phi) is 1.67. The van der Waals surface area contributed by atoms with Crippen molar-refractivity contribution in [3.63, 3.8) is 0 Å². The quantitative estimate of drug-likeness (QED) is 0.461. The van der Waals surface area contributed by atoms with Crippen LogP contribution < -0.4 is 0 Å². The summed E-state index contributed by atoms with van der Waals surface area (Å²) in [6, 6.07) is 0. The summed E-state index contributed by atoms with van der Waals surface area (Å²) in [5, 5.41) is 0. The van der Waals surface area contributed by atoms with E-state index in [0.29, 0.717) is 5.92 Å². The van der Waals surface area contributed by atoms with Crippen LogP contribution in [0.1, 0.15) is 32.1 Å². The molecular weight excluding hydrogens is 204 g/mol. The summed E-state index contributed by atoms with van der Waals surface area (Å²) in [4.78, 5) is 12.0. The average Bonchev–Trinajstić information content (AvgIpc) is 2.94. The van der Waals surface area contributed by atoms with Gasteiger partial charge in [0.05, 0.1) is 18.1 Å². The highest BCUT2D eigenvalue weighted by Gasteiger charge is 2.65. The first-order chi connectivity index (χ1) is 7.80. The van der Waals surface area contributed by atoms with E-state index in [4.69, 9.17) is 9.47 Å². The Morgan fingerprint density at radius 1 is 1.12 bits per heavy atom. The summed E-state index contributed by atoms with van der Waals surface area (Å²) in [6.07, 6.45) is 10.1. The molecule has 86 valence electrons. The number of hydrogen-bond donors (Lipinski definition) is 0. The topological polar surface area (TPSA) is 35.5 Å². The molecule has 3 heteroatoms. The van der Waals surface area contributed by atoms with E-state index in [1.807, 2.05) is 6.08 Å². The van der Waals surface area contributed by atoms with Crippen LogP contribution in [0.15, 0.2) is 12.2 Å². The van der Waals surface area contributed by atoms with E-state index >= 15 is 0 Å². The molecule has 1 spiro atoms. The van der Waals surface area contributed by atoms with E-state index in [1.165, 1.54) is 19.3 Å². The molecule has 0 aromatic carbocycles. The van der Waals surface area contributed by atoms with Crippen LogP contribution in [0.4, 0.5) is 0 Å². The van der Waals surface area contributed by atoms with Crippen molar-refractivity contribution in [2.45, 2.75) is 49.9 Å². The molecule has 16 heavy (non-hydrogen) atoms. The number of hydrogen-bond acceptors (Lipinski definition) is 3. The Labute approximate surface area is 94.8 Å². The van der Waals surface area contributed by atoms with Gasteiger partial charge in [0, 0.05) is 5.92 Å². The van der Waals surface area contributed by atoms with Crippen LogP contribution in [-0.4, -0.2) is 23.8 Å². The molecule has 2 saturated heterocycles. The van der Waals surface area contributed by atoms with E-state index in [2.05, 4.69) is 6.08 Å². The van der Waals surface area contributed by atoms with Crippen molar-refractivity contribution in [3.8, 4) is 0 Å². The Balaban J connectivity index is 1.75. The Morgan fingerprint density at radius 2 is 1.88 bits per heavy atom. The van der Waals surface area contributed by atoms with Gasteiger partial charge in [0.15, 0.2) is 0 Å². The molecule has 4 rings (SSSR count). The molecular formula is C13H16O3. The lowest BCUT2D eigenvalue weighted by Crippen LogP contribution is -2.42. The third kappa shape index (κ3) is 0.956. The highest BCUT2D eigenvalue weighted by Crippen LogP contribution is 2.55. The average molecular weight is 220 g/mol. The predicted molar refractivity (Wildman–Crippen MR) is 56.7 cm³/mol. The molecule has 1 aliphatic carbocycles. The second-order valence-corrected chi connectivity index (χ2v) is 5.55. The van der Waals surface area contributed by atoms with E-state index < -0.39 is 0 Å². The van der Waals surface area contributed by atoms with Crippen molar-refractivity contribution in [1.82, 2.24) is 0 Å². The first-order valence-corrected chi connectivity index (χ1v) is 6.37. The molecule has 0 aromatic rings. The molecule has 2 bridgehead atoms. The molecule has 3 heterocycles. The number of rotatable bonds is 0. The minimum atomic E-state index is -0.176. The lowest BCUT2D eigenvalue weighted by Gasteiger charge is -2.37. The van der Waals surface area contributed by atoms with E-state index in [0.717, 1.165) is 12.8 Å². The van der Waals surface area contributed by atoms with Crippen LogP contribution in [0.2, 0.25) is 0 Å². The van der Waals surface area contributed by atoms with Gasteiger partial charge < -0.3 is 9.47 Å². The SMILES string of the molecule is O=C1OC2(CCCCC2)[C@@H]2[C@@H]1[C@@H]1C=C[C@H]2O1. The number of esters is 1. The predicted octanol–water partition coefficient (Wildman–Crippen LogP) is 1.82. The maximum Gasteiger partial charge on any atom is 0.313 e. The lowest BCUT2D eigenvalue weighted by atomic mass is 9.69. The van der Waals surface area contributed by atoms with Gasteiger partial charge in [-0.3, -0.25) is 4.79 Å². The van der Waals surface area contributed by atoms with E-state index in [1.54, 1.807) is 0 Å². The molecule has 3 fully saturated rings. The van der Waals surface area contributed by atoms with Crippen molar-refractivity contribution in [3.05, 3.63) is 12.2 Å². The van der Waals surface area contributed by atoms with E-state index in [9.17, 15) is 4.79 Å². The second-order valence-electron chi connectivity index (χ2n) is 5.55. The van der Waals surface area contributed by atoms with Crippen molar-refractivity contribution in [2.75, 3.05) is 0 Å². The minimum Gasteiger partial charge on any atom is -0.458 e. The van der Waals surface area contributed by atoms with Crippen LogP contribution in [0.5, 0.6) is 0 Å². The fourth-order valence-electron chi connectivity index (χ4n) is 4.14. The van der Waals surface area contributed by atoms with Gasteiger partial charge in [-0.2, -0.15) is 0 Å². The lowest BCUT2D eigenvalue weighted by molar-refractivity contribution is -0.158. The van der Waals surface area contributed by atoms with Crippen LogP contribution in [0.25, 0.3) is 0 Å². The third-order valence-corrected chi connectivity index (χ3v) is 4.78. The Hall–Kier alpha value is -0.830. The van der Waals surface area contributed by atoms with Gasteiger partial charge in [0.2, 0.25) is 0 Å². The molecule has 0 N–H and O–H groups in total. The normalized spacial score (nSPS) is 47.4. The molecule has 0 radical (unpaired) electrons. The molecule has 4 atom stereocenters. The summed E-state index contributed by atoms with van der Waals surface area (Å²) in [7, 11) is 0. The van der Waals surface area contributed by atoms with Gasteiger partial charge in [0.25, 0.3) is 0 Å². The Bertz CT molecular complexity index is 367. The van der Waals surface area contributed by atoms with Gasteiger partial charge in [-0.15, -0.1) is 0 Å². The summed E-state index contributed by atoms with van der Waals surface area (Å²) in [5.41, 5.74) is -0.176. The zero-order valence-corrected chi connectivity index (χ0v) is 9.22. The smallest absolute Gasteiger partial charge is 0.313 e. The van der Waals surface area contributed by atoms with Crippen molar-refractivity contribution < 1.29 is 14.3 Å². The first kappa shape index (κ1) is 9.23. The molecule has 0 amide bonds. The summed E-state index contributed by atoms with van der Waals surface area (Å²) in [5.74, 6) is 0.284. The number of carbonyl (C=O) groups is 1. The highest BCUT2D eigenvalue weighted by molar-refractivity contribution is 5.78. The summed E-state index contributed by atoms with van der Waals surface area (Å²) >= 11 is 0. The fourth-order valence-corrected chi connectivity index (χ4v) is 4.14. The van der Waals surface area contributed by atoms with Crippen LogP contribution in [0, 0.1) is 11.8 Å². The maximum atomic E-state index is 12.0. The standard InChI is InChI=1S/C13H16O3/c14-12-10-8-4-5-9(15-8)11(10)13(16-12)6-2-1-3-7-13/h4-5,8-11H,1-3,6-7H2/t8-,9+,10-,11-/m0/s1. The maximum absolute atomic E-state index is 12.0. The van der Waals surface area contributed by atoms with Crippen LogP contribution in [0.3, 0.4) is 0 Å².